The van der Waals surface area contributed by atoms with E-state index in [0.29, 0.717) is 6.04 Å². The topological polar surface area (TPSA) is 21.3 Å². The molecular weight excluding hydrogens is 222 g/mol. The molecule has 0 spiro atoms. The third-order valence-corrected chi connectivity index (χ3v) is 2.69. The third-order valence-electron chi connectivity index (χ3n) is 2.46. The van der Waals surface area contributed by atoms with Crippen molar-refractivity contribution in [1.29, 1.82) is 0 Å². The molecule has 90 valence electrons. The minimum absolute atomic E-state index is 0.286. The van der Waals surface area contributed by atoms with Crippen molar-refractivity contribution in [1.82, 2.24) is 5.32 Å². The Labute approximate surface area is 103 Å². The molecule has 3 heteroatoms. The van der Waals surface area contributed by atoms with E-state index < -0.39 is 0 Å². The van der Waals surface area contributed by atoms with Crippen LogP contribution < -0.4 is 5.32 Å². The van der Waals surface area contributed by atoms with E-state index in [1.165, 1.54) is 5.56 Å². The Balaban J connectivity index is 2.48. The van der Waals surface area contributed by atoms with Gasteiger partial charge in [-0.2, -0.15) is 0 Å². The lowest BCUT2D eigenvalue weighted by Crippen LogP contribution is -2.32. The number of nitrogens with one attached hydrogen (secondary N) is 1. The molecule has 1 aromatic rings. The fourth-order valence-corrected chi connectivity index (χ4v) is 1.84. The highest BCUT2D eigenvalue weighted by atomic mass is 35.5. The number of hydrogen-bond donors (Lipinski definition) is 1. The van der Waals surface area contributed by atoms with Gasteiger partial charge in [-0.05, 0) is 38.5 Å². The van der Waals surface area contributed by atoms with Gasteiger partial charge in [0.1, 0.15) is 0 Å². The first-order valence-electron chi connectivity index (χ1n) is 5.72. The van der Waals surface area contributed by atoms with Crippen molar-refractivity contribution in [2.24, 2.45) is 0 Å². The smallest absolute Gasteiger partial charge is 0.0616 e. The fourth-order valence-electron chi connectivity index (χ4n) is 1.64. The molecule has 0 aliphatic rings. The summed E-state index contributed by atoms with van der Waals surface area (Å²) in [5.41, 5.74) is 1.20. The van der Waals surface area contributed by atoms with Crippen LogP contribution in [0.2, 0.25) is 5.02 Å². The van der Waals surface area contributed by atoms with Gasteiger partial charge in [-0.3, -0.25) is 0 Å². The first kappa shape index (κ1) is 13.5. The number of ether oxygens (including phenoxy) is 1. The van der Waals surface area contributed by atoms with Gasteiger partial charge in [0.25, 0.3) is 0 Å². The number of hydrogen-bond acceptors (Lipinski definition) is 2. The van der Waals surface area contributed by atoms with Crippen LogP contribution in [-0.2, 0) is 4.74 Å². The molecule has 0 amide bonds. The SMILES string of the molecule is CCOCC(C)N[C@@H](C)c1cccc(Cl)c1. The van der Waals surface area contributed by atoms with E-state index in [-0.39, 0.29) is 6.04 Å². The van der Waals surface area contributed by atoms with Crippen LogP contribution in [0.25, 0.3) is 0 Å². The molecule has 0 aliphatic carbocycles. The normalized spacial score (nSPS) is 14.8. The highest BCUT2D eigenvalue weighted by Crippen LogP contribution is 2.17. The molecule has 0 radical (unpaired) electrons. The van der Waals surface area contributed by atoms with Crippen molar-refractivity contribution in [2.75, 3.05) is 13.2 Å². The zero-order valence-corrected chi connectivity index (χ0v) is 10.9. The minimum Gasteiger partial charge on any atom is -0.380 e. The molecule has 0 saturated carbocycles. The van der Waals surface area contributed by atoms with Crippen molar-refractivity contribution in [3.8, 4) is 0 Å². The van der Waals surface area contributed by atoms with E-state index in [0.717, 1.165) is 18.2 Å². The van der Waals surface area contributed by atoms with E-state index >= 15 is 0 Å². The van der Waals surface area contributed by atoms with Crippen molar-refractivity contribution in [3.63, 3.8) is 0 Å². The molecule has 0 bridgehead atoms. The summed E-state index contributed by atoms with van der Waals surface area (Å²) in [6, 6.07) is 8.57. The Morgan fingerprint density at radius 1 is 1.38 bits per heavy atom. The highest BCUT2D eigenvalue weighted by Gasteiger charge is 2.09. The molecule has 1 N–H and O–H groups in total. The predicted octanol–water partition coefficient (Wildman–Crippen LogP) is 3.42. The van der Waals surface area contributed by atoms with Gasteiger partial charge in [-0.25, -0.2) is 0 Å². The number of benzene rings is 1. The lowest BCUT2D eigenvalue weighted by Gasteiger charge is -2.20. The van der Waals surface area contributed by atoms with E-state index in [9.17, 15) is 0 Å². The molecule has 2 nitrogen and oxygen atoms in total. The van der Waals surface area contributed by atoms with Crippen molar-refractivity contribution < 1.29 is 4.74 Å². The second-order valence-corrected chi connectivity index (χ2v) is 4.44. The summed E-state index contributed by atoms with van der Waals surface area (Å²) in [7, 11) is 0. The Kier molecular flexibility index (Phi) is 5.81. The van der Waals surface area contributed by atoms with Crippen LogP contribution in [0.5, 0.6) is 0 Å². The van der Waals surface area contributed by atoms with Crippen LogP contribution >= 0.6 is 11.6 Å². The summed E-state index contributed by atoms with van der Waals surface area (Å²) in [6.07, 6.45) is 0. The maximum atomic E-state index is 5.96. The Morgan fingerprint density at radius 2 is 2.12 bits per heavy atom. The Bertz CT molecular complexity index is 317. The van der Waals surface area contributed by atoms with Gasteiger partial charge in [-0.1, -0.05) is 23.7 Å². The number of rotatable bonds is 6. The van der Waals surface area contributed by atoms with Gasteiger partial charge in [0, 0.05) is 23.7 Å². The monoisotopic (exact) mass is 241 g/mol. The Morgan fingerprint density at radius 3 is 2.75 bits per heavy atom. The first-order chi connectivity index (χ1) is 7.63. The van der Waals surface area contributed by atoms with Crippen molar-refractivity contribution in [3.05, 3.63) is 34.9 Å². The summed E-state index contributed by atoms with van der Waals surface area (Å²) < 4.78 is 5.37. The first-order valence-corrected chi connectivity index (χ1v) is 6.10. The quantitative estimate of drug-likeness (QED) is 0.824. The zero-order valence-electron chi connectivity index (χ0n) is 10.2. The molecule has 0 aliphatic heterocycles. The molecule has 0 heterocycles. The lowest BCUT2D eigenvalue weighted by atomic mass is 10.1. The summed E-state index contributed by atoms with van der Waals surface area (Å²) in [6.45, 7) is 7.76. The lowest BCUT2D eigenvalue weighted by molar-refractivity contribution is 0.124. The zero-order chi connectivity index (χ0) is 12.0. The van der Waals surface area contributed by atoms with Crippen LogP contribution in [0.15, 0.2) is 24.3 Å². The summed E-state index contributed by atoms with van der Waals surface area (Å²) in [5.74, 6) is 0. The van der Waals surface area contributed by atoms with E-state index in [4.69, 9.17) is 16.3 Å². The maximum absolute atomic E-state index is 5.96. The van der Waals surface area contributed by atoms with Crippen molar-refractivity contribution in [2.45, 2.75) is 32.9 Å². The van der Waals surface area contributed by atoms with Gasteiger partial charge < -0.3 is 10.1 Å². The predicted molar refractivity (Wildman–Crippen MR) is 69.0 cm³/mol. The molecule has 2 atom stereocenters. The Hall–Kier alpha value is -0.570. The second kappa shape index (κ2) is 6.89. The highest BCUT2D eigenvalue weighted by molar-refractivity contribution is 6.30. The van der Waals surface area contributed by atoms with Gasteiger partial charge in [-0.15, -0.1) is 0 Å². The van der Waals surface area contributed by atoms with Crippen LogP contribution in [0.4, 0.5) is 0 Å². The summed E-state index contributed by atoms with van der Waals surface area (Å²) in [5, 5.41) is 4.26. The molecule has 1 rings (SSSR count). The van der Waals surface area contributed by atoms with Gasteiger partial charge >= 0.3 is 0 Å². The van der Waals surface area contributed by atoms with Crippen LogP contribution in [0.3, 0.4) is 0 Å². The third kappa shape index (κ3) is 4.52. The van der Waals surface area contributed by atoms with Gasteiger partial charge in [0.15, 0.2) is 0 Å². The van der Waals surface area contributed by atoms with E-state index in [1.54, 1.807) is 0 Å². The summed E-state index contributed by atoms with van der Waals surface area (Å²) >= 11 is 5.96. The maximum Gasteiger partial charge on any atom is 0.0616 e. The largest absolute Gasteiger partial charge is 0.380 e. The van der Waals surface area contributed by atoms with Crippen LogP contribution in [0.1, 0.15) is 32.4 Å². The fraction of sp³-hybridized carbons (Fsp3) is 0.538. The molecule has 0 aromatic heterocycles. The van der Waals surface area contributed by atoms with Crippen LogP contribution in [0, 0.1) is 0 Å². The standard InChI is InChI=1S/C13H20ClNO/c1-4-16-9-10(2)15-11(3)12-6-5-7-13(14)8-12/h5-8,10-11,15H,4,9H2,1-3H3/t10?,11-/m0/s1. The van der Waals surface area contributed by atoms with Crippen molar-refractivity contribution >= 4 is 11.6 Å². The second-order valence-electron chi connectivity index (χ2n) is 4.00. The molecule has 16 heavy (non-hydrogen) atoms. The molecule has 1 aromatic carbocycles. The molecule has 1 unspecified atom stereocenters. The minimum atomic E-state index is 0.286. The number of halogens is 1. The molecule has 0 saturated heterocycles. The molecular formula is C13H20ClNO. The van der Waals surface area contributed by atoms with Gasteiger partial charge in [0.05, 0.1) is 6.61 Å². The van der Waals surface area contributed by atoms with E-state index in [1.807, 2.05) is 25.1 Å². The van der Waals surface area contributed by atoms with E-state index in [2.05, 4.69) is 25.2 Å². The van der Waals surface area contributed by atoms with Crippen LogP contribution in [-0.4, -0.2) is 19.3 Å². The molecule has 0 fully saturated rings. The summed E-state index contributed by atoms with van der Waals surface area (Å²) in [4.78, 5) is 0. The van der Waals surface area contributed by atoms with Gasteiger partial charge in [0.2, 0.25) is 0 Å². The average Bonchev–Trinajstić information content (AvgIpc) is 2.26. The average molecular weight is 242 g/mol.